The zero-order chi connectivity index (χ0) is 12.6. The van der Waals surface area contributed by atoms with E-state index in [0.717, 1.165) is 6.42 Å². The molecule has 0 bridgehead atoms. The maximum Gasteiger partial charge on any atom is 0.329 e. The normalized spacial score (nSPS) is 13.8. The largest absolute Gasteiger partial charge is 0.480 e. The summed E-state index contributed by atoms with van der Waals surface area (Å²) in [5.74, 6) is -0.635. The molecule has 0 amide bonds. The molecule has 16 heavy (non-hydrogen) atoms. The molecular formula is C11H22O5. The molecule has 1 unspecified atom stereocenters. The van der Waals surface area contributed by atoms with Gasteiger partial charge in [-0.2, -0.15) is 0 Å². The van der Waals surface area contributed by atoms with Crippen LogP contribution in [0.4, 0.5) is 0 Å². The van der Waals surface area contributed by atoms with Crippen molar-refractivity contribution in [2.45, 2.75) is 34.1 Å². The third-order valence-electron chi connectivity index (χ3n) is 1.75. The lowest BCUT2D eigenvalue weighted by atomic mass is 9.86. The summed E-state index contributed by atoms with van der Waals surface area (Å²) in [4.78, 5) is 19.7. The standard InChI is InChI=1S/C11H22O5/c1-9(5-11(2,3)4)6-15-16-8-14-7-10(12)13/h9H,5-8H2,1-4H3,(H,12,13). The van der Waals surface area contributed by atoms with Crippen LogP contribution in [-0.4, -0.2) is 31.1 Å². The van der Waals surface area contributed by atoms with Crippen molar-refractivity contribution in [1.82, 2.24) is 0 Å². The average molecular weight is 234 g/mol. The predicted octanol–water partition coefficient (Wildman–Crippen LogP) is 2.07. The summed E-state index contributed by atoms with van der Waals surface area (Å²) in [6.07, 6.45) is 1.03. The van der Waals surface area contributed by atoms with Crippen LogP contribution in [0.5, 0.6) is 0 Å². The summed E-state index contributed by atoms with van der Waals surface area (Å²) in [7, 11) is 0. The van der Waals surface area contributed by atoms with Crippen molar-refractivity contribution < 1.29 is 24.4 Å². The molecule has 0 aliphatic rings. The minimum Gasteiger partial charge on any atom is -0.480 e. The maximum atomic E-state index is 10.1. The molecule has 0 aromatic rings. The van der Waals surface area contributed by atoms with Crippen LogP contribution in [-0.2, 0) is 19.3 Å². The van der Waals surface area contributed by atoms with Gasteiger partial charge >= 0.3 is 5.97 Å². The first kappa shape index (κ1) is 15.3. The van der Waals surface area contributed by atoms with Gasteiger partial charge < -0.3 is 9.84 Å². The molecule has 0 spiro atoms. The Bertz CT molecular complexity index is 197. The number of carboxylic acid groups (broad SMARTS) is 1. The number of aliphatic carboxylic acids is 1. The molecule has 5 heteroatoms. The molecule has 0 saturated heterocycles. The molecule has 0 heterocycles. The molecule has 0 aliphatic heterocycles. The van der Waals surface area contributed by atoms with E-state index >= 15 is 0 Å². The lowest BCUT2D eigenvalue weighted by molar-refractivity contribution is -0.340. The van der Waals surface area contributed by atoms with E-state index in [1.54, 1.807) is 0 Å². The van der Waals surface area contributed by atoms with Crippen LogP contribution in [0, 0.1) is 11.3 Å². The molecule has 1 N–H and O–H groups in total. The minimum atomic E-state index is -1.02. The quantitative estimate of drug-likeness (QED) is 0.301. The first-order chi connectivity index (χ1) is 7.31. The van der Waals surface area contributed by atoms with E-state index in [1.165, 1.54) is 0 Å². The fraction of sp³-hybridized carbons (Fsp3) is 0.909. The van der Waals surface area contributed by atoms with Crippen molar-refractivity contribution in [3.63, 3.8) is 0 Å². The molecular weight excluding hydrogens is 212 g/mol. The van der Waals surface area contributed by atoms with Crippen molar-refractivity contribution >= 4 is 5.97 Å². The summed E-state index contributed by atoms with van der Waals surface area (Å²) < 4.78 is 4.63. The maximum absolute atomic E-state index is 10.1. The summed E-state index contributed by atoms with van der Waals surface area (Å²) in [5, 5.41) is 8.26. The molecule has 96 valence electrons. The van der Waals surface area contributed by atoms with Crippen molar-refractivity contribution in [2.24, 2.45) is 11.3 Å². The second kappa shape index (κ2) is 7.60. The van der Waals surface area contributed by atoms with Gasteiger partial charge in [0.25, 0.3) is 0 Å². The van der Waals surface area contributed by atoms with Crippen molar-refractivity contribution in [3.8, 4) is 0 Å². The van der Waals surface area contributed by atoms with Gasteiger partial charge in [-0.1, -0.05) is 27.7 Å². The van der Waals surface area contributed by atoms with Gasteiger partial charge in [0.05, 0.1) is 6.61 Å². The lowest BCUT2D eigenvalue weighted by Crippen LogP contribution is -2.16. The Labute approximate surface area is 96.6 Å². The molecule has 0 aromatic heterocycles. The van der Waals surface area contributed by atoms with Crippen LogP contribution >= 0.6 is 0 Å². The second-order valence-corrected chi connectivity index (χ2v) is 5.13. The number of carboxylic acids is 1. The summed E-state index contributed by atoms with van der Waals surface area (Å²) in [5.41, 5.74) is 0.266. The summed E-state index contributed by atoms with van der Waals surface area (Å²) in [6, 6.07) is 0. The van der Waals surface area contributed by atoms with E-state index < -0.39 is 5.97 Å². The highest BCUT2D eigenvalue weighted by Gasteiger charge is 2.15. The predicted molar refractivity (Wildman–Crippen MR) is 58.7 cm³/mol. The third kappa shape index (κ3) is 11.4. The van der Waals surface area contributed by atoms with E-state index in [1.807, 2.05) is 0 Å². The zero-order valence-corrected chi connectivity index (χ0v) is 10.5. The minimum absolute atomic E-state index is 0.158. The molecule has 1 atom stereocenters. The number of rotatable bonds is 8. The monoisotopic (exact) mass is 234 g/mol. The molecule has 0 saturated carbocycles. The van der Waals surface area contributed by atoms with Crippen molar-refractivity contribution in [2.75, 3.05) is 20.0 Å². The molecule has 0 radical (unpaired) electrons. The zero-order valence-electron chi connectivity index (χ0n) is 10.5. The van der Waals surface area contributed by atoms with Gasteiger partial charge in [-0.25, -0.2) is 14.6 Å². The summed E-state index contributed by atoms with van der Waals surface area (Å²) in [6.45, 7) is 8.52. The lowest BCUT2D eigenvalue weighted by Gasteiger charge is -2.22. The Balaban J connectivity index is 3.35. The highest BCUT2D eigenvalue weighted by molar-refractivity contribution is 5.67. The Morgan fingerprint density at radius 1 is 1.31 bits per heavy atom. The van der Waals surface area contributed by atoms with Gasteiger partial charge in [0.2, 0.25) is 0 Å². The van der Waals surface area contributed by atoms with Crippen molar-refractivity contribution in [1.29, 1.82) is 0 Å². The van der Waals surface area contributed by atoms with E-state index in [2.05, 4.69) is 37.3 Å². The first-order valence-electron chi connectivity index (χ1n) is 5.35. The van der Waals surface area contributed by atoms with Crippen LogP contribution in [0.15, 0.2) is 0 Å². The Kier molecular flexibility index (Phi) is 7.29. The average Bonchev–Trinajstić information content (AvgIpc) is 2.07. The Morgan fingerprint density at radius 2 is 1.94 bits per heavy atom. The smallest absolute Gasteiger partial charge is 0.329 e. The van der Waals surface area contributed by atoms with Gasteiger partial charge in [0, 0.05) is 0 Å². The van der Waals surface area contributed by atoms with Gasteiger partial charge in [-0.3, -0.25) is 0 Å². The number of hydrogen-bond donors (Lipinski definition) is 1. The van der Waals surface area contributed by atoms with Gasteiger partial charge in [0.1, 0.15) is 6.61 Å². The van der Waals surface area contributed by atoms with E-state index in [-0.39, 0.29) is 18.8 Å². The fourth-order valence-corrected chi connectivity index (χ4v) is 1.47. The summed E-state index contributed by atoms with van der Waals surface area (Å²) >= 11 is 0. The number of hydrogen-bond acceptors (Lipinski definition) is 4. The SMILES string of the molecule is CC(COOCOCC(=O)O)CC(C)(C)C. The van der Waals surface area contributed by atoms with Crippen LogP contribution in [0.2, 0.25) is 0 Å². The molecule has 0 rings (SSSR count). The van der Waals surface area contributed by atoms with E-state index in [4.69, 9.17) is 9.99 Å². The molecule has 0 aromatic carbocycles. The fourth-order valence-electron chi connectivity index (χ4n) is 1.47. The first-order valence-corrected chi connectivity index (χ1v) is 5.35. The topological polar surface area (TPSA) is 65.0 Å². The second-order valence-electron chi connectivity index (χ2n) is 5.13. The molecule has 0 fully saturated rings. The van der Waals surface area contributed by atoms with Crippen LogP contribution in [0.25, 0.3) is 0 Å². The highest BCUT2D eigenvalue weighted by Crippen LogP contribution is 2.24. The van der Waals surface area contributed by atoms with Crippen LogP contribution in [0.1, 0.15) is 34.1 Å². The molecule has 0 aliphatic carbocycles. The van der Waals surface area contributed by atoms with Crippen molar-refractivity contribution in [3.05, 3.63) is 0 Å². The Hall–Kier alpha value is -0.650. The van der Waals surface area contributed by atoms with Gasteiger partial charge in [0.15, 0.2) is 6.79 Å². The number of carbonyl (C=O) groups is 1. The molecule has 5 nitrogen and oxygen atoms in total. The highest BCUT2D eigenvalue weighted by atomic mass is 17.2. The van der Waals surface area contributed by atoms with E-state index in [9.17, 15) is 4.79 Å². The van der Waals surface area contributed by atoms with Gasteiger partial charge in [-0.05, 0) is 17.8 Å². The van der Waals surface area contributed by atoms with Gasteiger partial charge in [-0.15, -0.1) is 0 Å². The van der Waals surface area contributed by atoms with Crippen LogP contribution in [0.3, 0.4) is 0 Å². The third-order valence-corrected chi connectivity index (χ3v) is 1.75. The van der Waals surface area contributed by atoms with Crippen LogP contribution < -0.4 is 0 Å². The Morgan fingerprint density at radius 3 is 2.44 bits per heavy atom. The number of ether oxygens (including phenoxy) is 1. The van der Waals surface area contributed by atoms with E-state index in [0.29, 0.717) is 12.5 Å².